The van der Waals surface area contributed by atoms with E-state index < -0.39 is 5.97 Å². The quantitative estimate of drug-likeness (QED) is 0.764. The number of fused-ring (bicyclic) bond motifs is 1. The van der Waals surface area contributed by atoms with Gasteiger partial charge in [0.1, 0.15) is 11.3 Å². The van der Waals surface area contributed by atoms with E-state index in [0.29, 0.717) is 18.8 Å². The second-order valence-corrected chi connectivity index (χ2v) is 6.98. The molecule has 1 fully saturated rings. The Morgan fingerprint density at radius 3 is 2.67 bits per heavy atom. The molecule has 1 N–H and O–H groups in total. The Morgan fingerprint density at radius 2 is 2.00 bits per heavy atom. The van der Waals surface area contributed by atoms with Gasteiger partial charge >= 0.3 is 5.97 Å². The van der Waals surface area contributed by atoms with Gasteiger partial charge < -0.3 is 14.4 Å². The highest BCUT2D eigenvalue weighted by molar-refractivity contribution is 5.87. The van der Waals surface area contributed by atoms with Crippen LogP contribution in [0.2, 0.25) is 0 Å². The Hall–Kier alpha value is -3.09. The summed E-state index contributed by atoms with van der Waals surface area (Å²) in [4.78, 5) is 25.7. The number of para-hydroxylation sites is 1. The van der Waals surface area contributed by atoms with Gasteiger partial charge in [-0.3, -0.25) is 9.48 Å². The van der Waals surface area contributed by atoms with Crippen LogP contribution in [0.3, 0.4) is 0 Å². The predicted molar refractivity (Wildman–Crippen MR) is 98.7 cm³/mol. The minimum atomic E-state index is -0.978. The number of aromatic carboxylic acids is 1. The summed E-state index contributed by atoms with van der Waals surface area (Å²) < 4.78 is 7.54. The second kappa shape index (κ2) is 6.90. The molecule has 1 atom stereocenters. The summed E-state index contributed by atoms with van der Waals surface area (Å²) in [6.07, 6.45) is 4.42. The lowest BCUT2D eigenvalue weighted by molar-refractivity contribution is -0.134. The van der Waals surface area contributed by atoms with Crippen molar-refractivity contribution in [2.45, 2.75) is 31.7 Å². The average Bonchev–Trinajstić information content (AvgIpc) is 3.34. The first-order valence-corrected chi connectivity index (χ1v) is 9.07. The highest BCUT2D eigenvalue weighted by Gasteiger charge is 2.29. The van der Waals surface area contributed by atoms with Crippen LogP contribution in [0, 0.1) is 0 Å². The smallest absolute Gasteiger partial charge is 0.338 e. The number of piperidine rings is 1. The number of benzene rings is 1. The predicted octanol–water partition coefficient (Wildman–Crippen LogP) is 3.29. The molecule has 3 aromatic rings. The van der Waals surface area contributed by atoms with Crippen LogP contribution in [0.15, 0.2) is 47.1 Å². The van der Waals surface area contributed by atoms with Gasteiger partial charge in [-0.15, -0.1) is 0 Å². The van der Waals surface area contributed by atoms with E-state index in [1.165, 1.54) is 6.20 Å². The van der Waals surface area contributed by atoms with Crippen molar-refractivity contribution in [3.05, 3.63) is 54.0 Å². The zero-order chi connectivity index (χ0) is 19.0. The molecule has 1 amide bonds. The molecule has 4 rings (SSSR count). The largest absolute Gasteiger partial charge is 0.478 e. The van der Waals surface area contributed by atoms with E-state index in [0.717, 1.165) is 23.8 Å². The van der Waals surface area contributed by atoms with Crippen molar-refractivity contribution in [3.63, 3.8) is 0 Å². The fourth-order valence-corrected chi connectivity index (χ4v) is 3.61. The van der Waals surface area contributed by atoms with Crippen molar-refractivity contribution in [3.8, 4) is 0 Å². The number of amides is 1. The molecular formula is C20H21N3O4. The summed E-state index contributed by atoms with van der Waals surface area (Å²) in [6, 6.07) is 9.78. The maximum absolute atomic E-state index is 12.9. The molecule has 0 spiro atoms. The molecule has 1 aliphatic heterocycles. The van der Waals surface area contributed by atoms with E-state index in [4.69, 9.17) is 9.52 Å². The number of nitrogens with zero attached hydrogens (tertiary/aromatic N) is 3. The highest BCUT2D eigenvalue weighted by atomic mass is 16.4. The standard InChI is InChI=1S/C20H21N3O4/c1-13(18-10-14-4-2-3-5-17(14)27-18)19(24)22-8-6-16(7-9-22)23-12-15(11-21-23)20(25)26/h2-5,10-13,16H,6-9H2,1H3,(H,25,26). The molecule has 0 aliphatic carbocycles. The van der Waals surface area contributed by atoms with Crippen LogP contribution in [-0.4, -0.2) is 44.8 Å². The van der Waals surface area contributed by atoms with E-state index in [9.17, 15) is 9.59 Å². The molecule has 1 aliphatic rings. The summed E-state index contributed by atoms with van der Waals surface area (Å²) in [6.45, 7) is 3.12. The van der Waals surface area contributed by atoms with E-state index in [-0.39, 0.29) is 23.4 Å². The molecule has 0 saturated carbocycles. The van der Waals surface area contributed by atoms with Gasteiger partial charge in [0.25, 0.3) is 0 Å². The average molecular weight is 367 g/mol. The van der Waals surface area contributed by atoms with Gasteiger partial charge in [-0.1, -0.05) is 18.2 Å². The zero-order valence-corrected chi connectivity index (χ0v) is 15.0. The number of carboxylic acids is 1. The third kappa shape index (κ3) is 3.32. The topological polar surface area (TPSA) is 88.6 Å². The van der Waals surface area contributed by atoms with Crippen molar-refractivity contribution in [2.75, 3.05) is 13.1 Å². The maximum atomic E-state index is 12.9. The van der Waals surface area contributed by atoms with Crippen LogP contribution >= 0.6 is 0 Å². The molecule has 7 nitrogen and oxygen atoms in total. The fraction of sp³-hybridized carbons (Fsp3) is 0.350. The molecule has 1 unspecified atom stereocenters. The summed E-state index contributed by atoms with van der Waals surface area (Å²) in [7, 11) is 0. The summed E-state index contributed by atoms with van der Waals surface area (Å²) >= 11 is 0. The molecule has 0 radical (unpaired) electrons. The molecule has 3 heterocycles. The lowest BCUT2D eigenvalue weighted by Gasteiger charge is -2.33. The Kier molecular flexibility index (Phi) is 4.43. The molecule has 27 heavy (non-hydrogen) atoms. The number of aromatic nitrogens is 2. The van der Waals surface area contributed by atoms with Gasteiger partial charge in [0.2, 0.25) is 5.91 Å². The third-order valence-corrected chi connectivity index (χ3v) is 5.24. The van der Waals surface area contributed by atoms with Gasteiger partial charge in [-0.2, -0.15) is 5.10 Å². The number of carboxylic acid groups (broad SMARTS) is 1. The van der Waals surface area contributed by atoms with E-state index in [1.807, 2.05) is 42.2 Å². The lowest BCUT2D eigenvalue weighted by atomic mass is 10.0. The van der Waals surface area contributed by atoms with Crippen LogP contribution in [0.4, 0.5) is 0 Å². The highest BCUT2D eigenvalue weighted by Crippen LogP contribution is 2.29. The van der Waals surface area contributed by atoms with Gasteiger partial charge in [0.15, 0.2) is 0 Å². The maximum Gasteiger partial charge on any atom is 0.338 e. The SMILES string of the molecule is CC(C(=O)N1CCC(n2cc(C(=O)O)cn2)CC1)c1cc2ccccc2o1. The molecular weight excluding hydrogens is 346 g/mol. The fourth-order valence-electron chi connectivity index (χ4n) is 3.61. The monoisotopic (exact) mass is 367 g/mol. The third-order valence-electron chi connectivity index (χ3n) is 5.24. The van der Waals surface area contributed by atoms with E-state index >= 15 is 0 Å². The minimum Gasteiger partial charge on any atom is -0.478 e. The van der Waals surface area contributed by atoms with Crippen molar-refractivity contribution in [1.82, 2.24) is 14.7 Å². The van der Waals surface area contributed by atoms with Crippen molar-refractivity contribution >= 4 is 22.8 Å². The van der Waals surface area contributed by atoms with Crippen molar-refractivity contribution in [2.24, 2.45) is 0 Å². The molecule has 0 bridgehead atoms. The van der Waals surface area contributed by atoms with Crippen LogP contribution in [0.1, 0.15) is 47.8 Å². The number of carbonyl (C=O) groups is 2. The Balaban J connectivity index is 1.41. The van der Waals surface area contributed by atoms with Gasteiger partial charge in [-0.05, 0) is 31.9 Å². The Bertz CT molecular complexity index is 949. The van der Waals surface area contributed by atoms with Crippen molar-refractivity contribution < 1.29 is 19.1 Å². The van der Waals surface area contributed by atoms with Crippen molar-refractivity contribution in [1.29, 1.82) is 0 Å². The molecule has 1 saturated heterocycles. The Morgan fingerprint density at radius 1 is 1.26 bits per heavy atom. The molecule has 1 aromatic carbocycles. The first-order chi connectivity index (χ1) is 13.0. The van der Waals surface area contributed by atoms with E-state index in [1.54, 1.807) is 10.9 Å². The molecule has 7 heteroatoms. The van der Waals surface area contributed by atoms with Crippen LogP contribution in [0.25, 0.3) is 11.0 Å². The lowest BCUT2D eigenvalue weighted by Crippen LogP contribution is -2.41. The van der Waals surface area contributed by atoms with Crippen LogP contribution < -0.4 is 0 Å². The summed E-state index contributed by atoms with van der Waals surface area (Å²) in [5, 5.41) is 14.2. The van der Waals surface area contributed by atoms with Gasteiger partial charge in [-0.25, -0.2) is 4.79 Å². The first-order valence-electron chi connectivity index (χ1n) is 9.07. The van der Waals surface area contributed by atoms with Gasteiger partial charge in [0, 0.05) is 24.7 Å². The summed E-state index contributed by atoms with van der Waals surface area (Å²) in [5.74, 6) is -0.577. The van der Waals surface area contributed by atoms with Crippen LogP contribution in [-0.2, 0) is 4.79 Å². The number of furan rings is 1. The van der Waals surface area contributed by atoms with Gasteiger partial charge in [0.05, 0.1) is 23.7 Å². The number of hydrogen-bond donors (Lipinski definition) is 1. The zero-order valence-electron chi connectivity index (χ0n) is 15.0. The Labute approximate surface area is 156 Å². The molecule has 140 valence electrons. The summed E-state index contributed by atoms with van der Waals surface area (Å²) in [5.41, 5.74) is 0.978. The van der Waals surface area contributed by atoms with Crippen LogP contribution in [0.5, 0.6) is 0 Å². The number of carbonyl (C=O) groups excluding carboxylic acids is 1. The normalized spacial score (nSPS) is 16.6. The minimum absolute atomic E-state index is 0.0548. The number of likely N-dealkylation sites (tertiary alicyclic amines) is 1. The number of rotatable bonds is 4. The molecule has 2 aromatic heterocycles. The number of hydrogen-bond acceptors (Lipinski definition) is 4. The first kappa shape index (κ1) is 17.3. The second-order valence-electron chi connectivity index (χ2n) is 6.98. The van der Waals surface area contributed by atoms with E-state index in [2.05, 4.69) is 5.10 Å².